The van der Waals surface area contributed by atoms with Crippen molar-refractivity contribution in [2.45, 2.75) is 0 Å². The molecule has 0 saturated carbocycles. The van der Waals surface area contributed by atoms with Crippen molar-refractivity contribution >= 4 is 39.9 Å². The first-order chi connectivity index (χ1) is 9.99. The molecule has 0 spiro atoms. The second-order valence-corrected chi connectivity index (χ2v) is 7.35. The quantitative estimate of drug-likeness (QED) is 0.836. The maximum Gasteiger partial charge on any atom is 0.255 e. The topological polar surface area (TPSA) is 40.6 Å². The van der Waals surface area contributed by atoms with Crippen LogP contribution < -0.4 is 0 Å². The van der Waals surface area contributed by atoms with Gasteiger partial charge in [0.2, 0.25) is 0 Å². The molecule has 2 rings (SSSR count). The first kappa shape index (κ1) is 16.7. The Morgan fingerprint density at radius 1 is 1.24 bits per heavy atom. The normalized spacial score (nSPS) is 17.8. The Morgan fingerprint density at radius 3 is 2.52 bits per heavy atom. The largest absolute Gasteiger partial charge is 0.336 e. The number of carbonyl (C=O) groups is 1. The molecule has 0 N–H and O–H groups in total. The first-order valence-corrected chi connectivity index (χ1v) is 9.23. The summed E-state index contributed by atoms with van der Waals surface area (Å²) in [5.74, 6) is 0.592. The molecule has 1 aliphatic rings. The Balaban J connectivity index is 1.94. The highest BCUT2D eigenvalue weighted by Gasteiger charge is 2.24. The lowest BCUT2D eigenvalue weighted by molar-refractivity contribution is 0.0644. The van der Waals surface area contributed by atoms with Crippen LogP contribution >= 0.6 is 23.2 Å². The van der Waals surface area contributed by atoms with Gasteiger partial charge in [0.15, 0.2) is 0 Å². The highest BCUT2D eigenvalue weighted by Crippen LogP contribution is 2.26. The molecule has 1 atom stereocenters. The summed E-state index contributed by atoms with van der Waals surface area (Å²) in [5.41, 5.74) is 0.451. The molecule has 1 aromatic rings. The highest BCUT2D eigenvalue weighted by atomic mass is 35.5. The molecular formula is C14H18Cl2N2O2S. The molecule has 116 valence electrons. The maximum absolute atomic E-state index is 12.5. The Labute approximate surface area is 137 Å². The van der Waals surface area contributed by atoms with E-state index in [1.165, 1.54) is 0 Å². The van der Waals surface area contributed by atoms with Crippen LogP contribution in [0.3, 0.4) is 0 Å². The minimum absolute atomic E-state index is 0.0822. The number of nitrogens with zero attached hydrogens (tertiary/aromatic N) is 2. The van der Waals surface area contributed by atoms with Crippen LogP contribution in [-0.2, 0) is 10.8 Å². The van der Waals surface area contributed by atoms with Crippen LogP contribution in [-0.4, -0.2) is 64.6 Å². The van der Waals surface area contributed by atoms with Crippen molar-refractivity contribution in [3.8, 4) is 0 Å². The molecule has 1 fully saturated rings. The van der Waals surface area contributed by atoms with Gasteiger partial charge in [0, 0.05) is 55.5 Å². The third-order valence-electron chi connectivity index (χ3n) is 3.54. The number of rotatable bonds is 4. The number of carbonyl (C=O) groups excluding carboxylic acids is 1. The summed E-state index contributed by atoms with van der Waals surface area (Å²) >= 11 is 12.0. The Bertz CT molecular complexity index is 546. The zero-order chi connectivity index (χ0) is 15.4. The van der Waals surface area contributed by atoms with Crippen molar-refractivity contribution in [3.63, 3.8) is 0 Å². The van der Waals surface area contributed by atoms with E-state index in [-0.39, 0.29) is 5.91 Å². The lowest BCUT2D eigenvalue weighted by atomic mass is 10.2. The minimum Gasteiger partial charge on any atom is -0.336 e. The van der Waals surface area contributed by atoms with Crippen molar-refractivity contribution in [2.24, 2.45) is 0 Å². The van der Waals surface area contributed by atoms with Crippen molar-refractivity contribution < 1.29 is 9.00 Å². The molecule has 0 radical (unpaired) electrons. The van der Waals surface area contributed by atoms with E-state index in [1.54, 1.807) is 29.4 Å². The molecule has 0 aromatic heterocycles. The maximum atomic E-state index is 12.5. The summed E-state index contributed by atoms with van der Waals surface area (Å²) in [6, 6.07) is 5.10. The predicted molar refractivity (Wildman–Crippen MR) is 87.7 cm³/mol. The molecule has 1 heterocycles. The van der Waals surface area contributed by atoms with E-state index in [2.05, 4.69) is 4.90 Å². The number of piperazine rings is 1. The lowest BCUT2D eigenvalue weighted by Crippen LogP contribution is -2.49. The highest BCUT2D eigenvalue weighted by molar-refractivity contribution is 7.84. The van der Waals surface area contributed by atoms with E-state index in [0.29, 0.717) is 34.5 Å². The van der Waals surface area contributed by atoms with E-state index in [9.17, 15) is 9.00 Å². The molecule has 21 heavy (non-hydrogen) atoms. The third kappa shape index (κ3) is 4.42. The van der Waals surface area contributed by atoms with Gasteiger partial charge in [-0.05, 0) is 12.1 Å². The van der Waals surface area contributed by atoms with Crippen LogP contribution in [0.5, 0.6) is 0 Å². The van der Waals surface area contributed by atoms with Crippen LogP contribution in [0.2, 0.25) is 10.0 Å². The predicted octanol–water partition coefficient (Wildman–Crippen LogP) is 2.13. The fraction of sp³-hybridized carbons (Fsp3) is 0.500. The number of hydrogen-bond donors (Lipinski definition) is 0. The van der Waals surface area contributed by atoms with Gasteiger partial charge in [-0.25, -0.2) is 0 Å². The average molecular weight is 349 g/mol. The second-order valence-electron chi connectivity index (χ2n) is 5.01. The molecule has 7 heteroatoms. The number of hydrogen-bond acceptors (Lipinski definition) is 3. The molecule has 1 amide bonds. The molecule has 0 aliphatic carbocycles. The molecule has 0 bridgehead atoms. The molecule has 1 saturated heterocycles. The van der Waals surface area contributed by atoms with Crippen molar-refractivity contribution in [2.75, 3.05) is 44.7 Å². The molecule has 1 aliphatic heterocycles. The van der Waals surface area contributed by atoms with E-state index in [1.807, 2.05) is 0 Å². The smallest absolute Gasteiger partial charge is 0.255 e. The summed E-state index contributed by atoms with van der Waals surface area (Å²) in [6.07, 6.45) is 1.71. The van der Waals surface area contributed by atoms with Crippen molar-refractivity contribution in [1.82, 2.24) is 9.80 Å². The van der Waals surface area contributed by atoms with Crippen LogP contribution in [0.4, 0.5) is 0 Å². The average Bonchev–Trinajstić information content (AvgIpc) is 2.48. The van der Waals surface area contributed by atoms with Gasteiger partial charge in [-0.15, -0.1) is 0 Å². The monoisotopic (exact) mass is 348 g/mol. The Morgan fingerprint density at radius 2 is 1.90 bits per heavy atom. The molecule has 4 nitrogen and oxygen atoms in total. The summed E-state index contributed by atoms with van der Waals surface area (Å²) in [6.45, 7) is 3.70. The third-order valence-corrected chi connectivity index (χ3v) is 5.11. The summed E-state index contributed by atoms with van der Waals surface area (Å²) in [4.78, 5) is 16.5. The molecular weight excluding hydrogens is 331 g/mol. The summed E-state index contributed by atoms with van der Waals surface area (Å²) < 4.78 is 11.1. The number of halogens is 2. The van der Waals surface area contributed by atoms with Gasteiger partial charge in [-0.2, -0.15) is 0 Å². The lowest BCUT2D eigenvalue weighted by Gasteiger charge is -2.34. The molecule has 1 aromatic carbocycles. The Hall–Kier alpha value is -0.620. The Kier molecular flexibility index (Phi) is 6.05. The zero-order valence-electron chi connectivity index (χ0n) is 11.8. The van der Waals surface area contributed by atoms with Gasteiger partial charge in [0.05, 0.1) is 15.6 Å². The zero-order valence-corrected chi connectivity index (χ0v) is 14.2. The van der Waals surface area contributed by atoms with E-state index >= 15 is 0 Å². The van der Waals surface area contributed by atoms with E-state index < -0.39 is 10.8 Å². The summed E-state index contributed by atoms with van der Waals surface area (Å²) in [5, 5.41) is 0.708. The van der Waals surface area contributed by atoms with Gasteiger partial charge in [0.1, 0.15) is 0 Å². The van der Waals surface area contributed by atoms with Gasteiger partial charge in [-0.3, -0.25) is 13.9 Å². The van der Waals surface area contributed by atoms with Gasteiger partial charge < -0.3 is 4.90 Å². The standard InChI is InChI=1S/C14H18Cl2N2O2S/c1-21(20)10-9-17-5-7-18(8-6-17)14(19)11-3-2-4-12(15)13(11)16/h2-4H,5-10H2,1H3. The fourth-order valence-corrected chi connectivity index (χ4v) is 3.17. The van der Waals surface area contributed by atoms with Gasteiger partial charge >= 0.3 is 0 Å². The van der Waals surface area contributed by atoms with Crippen LogP contribution in [0.1, 0.15) is 10.4 Å². The number of amides is 1. The van der Waals surface area contributed by atoms with Gasteiger partial charge in [-0.1, -0.05) is 29.3 Å². The van der Waals surface area contributed by atoms with Crippen LogP contribution in [0.25, 0.3) is 0 Å². The van der Waals surface area contributed by atoms with Gasteiger partial charge in [0.25, 0.3) is 5.91 Å². The molecule has 1 unspecified atom stereocenters. The fourth-order valence-electron chi connectivity index (χ4n) is 2.27. The van der Waals surface area contributed by atoms with Crippen molar-refractivity contribution in [3.05, 3.63) is 33.8 Å². The summed E-state index contributed by atoms with van der Waals surface area (Å²) in [7, 11) is -0.775. The van der Waals surface area contributed by atoms with E-state index in [0.717, 1.165) is 19.6 Å². The SMILES string of the molecule is CS(=O)CCN1CCN(C(=O)c2cccc(Cl)c2Cl)CC1. The van der Waals surface area contributed by atoms with Crippen LogP contribution in [0.15, 0.2) is 18.2 Å². The first-order valence-electron chi connectivity index (χ1n) is 6.74. The minimum atomic E-state index is -0.775. The van der Waals surface area contributed by atoms with Crippen molar-refractivity contribution in [1.29, 1.82) is 0 Å². The van der Waals surface area contributed by atoms with Crippen LogP contribution in [0, 0.1) is 0 Å². The van der Waals surface area contributed by atoms with E-state index in [4.69, 9.17) is 23.2 Å². The number of benzene rings is 1. The second kappa shape index (κ2) is 7.58.